The van der Waals surface area contributed by atoms with Gasteiger partial charge in [0.25, 0.3) is 5.91 Å². The number of para-hydroxylation sites is 2. The zero-order valence-electron chi connectivity index (χ0n) is 25.0. The van der Waals surface area contributed by atoms with E-state index in [1.807, 2.05) is 85.5 Å². The predicted octanol–water partition coefficient (Wildman–Crippen LogP) is 5.23. The van der Waals surface area contributed by atoms with E-state index in [9.17, 15) is 14.4 Å². The summed E-state index contributed by atoms with van der Waals surface area (Å²) in [5.74, 6) is 0.213. The number of fused-ring (bicyclic) bond motifs is 3. The molecule has 1 N–H and O–H groups in total. The first-order chi connectivity index (χ1) is 21.4. The van der Waals surface area contributed by atoms with E-state index < -0.39 is 11.3 Å². The number of amides is 3. The summed E-state index contributed by atoms with van der Waals surface area (Å²) in [6.45, 7) is 6.77. The van der Waals surface area contributed by atoms with E-state index in [2.05, 4.69) is 22.3 Å². The number of rotatable bonds is 8. The van der Waals surface area contributed by atoms with Crippen molar-refractivity contribution in [1.82, 2.24) is 9.80 Å². The maximum absolute atomic E-state index is 13.8. The second-order valence-corrected chi connectivity index (χ2v) is 12.3. The first kappa shape index (κ1) is 29.6. The number of aryl methyl sites for hydroxylation is 1. The SMILES string of the molecule is CC[C@H](SC1=Nc2ccccc2C2=N[C@H](CCC(=O)N3CCN(c4ccccc4)CC3)C(=O)N12)C(=O)Nc1cccc(C)c1. The molecule has 9 nitrogen and oxygen atoms in total. The van der Waals surface area contributed by atoms with Crippen LogP contribution in [0.5, 0.6) is 0 Å². The number of amidine groups is 2. The average Bonchev–Trinajstić information content (AvgIpc) is 3.39. The van der Waals surface area contributed by atoms with E-state index in [0.29, 0.717) is 42.6 Å². The van der Waals surface area contributed by atoms with Gasteiger partial charge in [0.15, 0.2) is 5.17 Å². The molecule has 226 valence electrons. The Bertz CT molecular complexity index is 1620. The normalized spacial score (nSPS) is 18.3. The monoisotopic (exact) mass is 608 g/mol. The zero-order valence-corrected chi connectivity index (χ0v) is 25.8. The van der Waals surface area contributed by atoms with Crippen LogP contribution < -0.4 is 10.2 Å². The van der Waals surface area contributed by atoms with Crippen molar-refractivity contribution in [3.63, 3.8) is 0 Å². The molecular weight excluding hydrogens is 572 g/mol. The van der Waals surface area contributed by atoms with Crippen LogP contribution in [0.15, 0.2) is 88.8 Å². The minimum Gasteiger partial charge on any atom is -0.368 e. The number of anilines is 2. The van der Waals surface area contributed by atoms with Crippen LogP contribution in [-0.2, 0) is 14.4 Å². The van der Waals surface area contributed by atoms with Crippen molar-refractivity contribution in [1.29, 1.82) is 0 Å². The zero-order chi connectivity index (χ0) is 30.6. The minimum atomic E-state index is -0.683. The summed E-state index contributed by atoms with van der Waals surface area (Å²) >= 11 is 1.27. The van der Waals surface area contributed by atoms with E-state index in [1.165, 1.54) is 11.8 Å². The molecule has 2 atom stereocenters. The van der Waals surface area contributed by atoms with Crippen molar-refractivity contribution in [3.05, 3.63) is 90.0 Å². The Labute approximate surface area is 262 Å². The van der Waals surface area contributed by atoms with E-state index in [1.54, 1.807) is 4.90 Å². The molecule has 0 aliphatic carbocycles. The highest BCUT2D eigenvalue weighted by atomic mass is 32.2. The molecule has 3 amide bonds. The Kier molecular flexibility index (Phi) is 8.79. The molecule has 3 aliphatic heterocycles. The predicted molar refractivity (Wildman–Crippen MR) is 177 cm³/mol. The minimum absolute atomic E-state index is 0.0399. The summed E-state index contributed by atoms with van der Waals surface area (Å²) in [5, 5.41) is 2.97. The maximum Gasteiger partial charge on any atom is 0.259 e. The second kappa shape index (κ2) is 13.1. The van der Waals surface area contributed by atoms with Gasteiger partial charge in [-0.15, -0.1) is 0 Å². The Balaban J connectivity index is 1.12. The summed E-state index contributed by atoms with van der Waals surface area (Å²) in [7, 11) is 0. The summed E-state index contributed by atoms with van der Waals surface area (Å²) in [4.78, 5) is 55.6. The van der Waals surface area contributed by atoms with Crippen LogP contribution in [-0.4, -0.2) is 76.0 Å². The number of piperazine rings is 1. The molecule has 6 rings (SSSR count). The first-order valence-corrected chi connectivity index (χ1v) is 16.0. The summed E-state index contributed by atoms with van der Waals surface area (Å²) in [5.41, 5.74) is 4.43. The van der Waals surface area contributed by atoms with Crippen LogP contribution in [0, 0.1) is 6.92 Å². The van der Waals surface area contributed by atoms with Crippen LogP contribution in [0.1, 0.15) is 37.3 Å². The molecule has 0 bridgehead atoms. The van der Waals surface area contributed by atoms with Crippen LogP contribution >= 0.6 is 11.8 Å². The molecule has 3 aliphatic rings. The highest BCUT2D eigenvalue weighted by Crippen LogP contribution is 2.36. The first-order valence-electron chi connectivity index (χ1n) is 15.1. The topological polar surface area (TPSA) is 97.7 Å². The van der Waals surface area contributed by atoms with E-state index >= 15 is 0 Å². The van der Waals surface area contributed by atoms with E-state index in [0.717, 1.165) is 35.6 Å². The van der Waals surface area contributed by atoms with E-state index in [4.69, 9.17) is 9.98 Å². The second-order valence-electron chi connectivity index (χ2n) is 11.2. The lowest BCUT2D eigenvalue weighted by molar-refractivity contribution is -0.132. The van der Waals surface area contributed by atoms with Gasteiger partial charge in [-0.1, -0.05) is 61.2 Å². The quantitative estimate of drug-likeness (QED) is 0.378. The summed E-state index contributed by atoms with van der Waals surface area (Å²) < 4.78 is 0. The Morgan fingerprint density at radius 2 is 1.73 bits per heavy atom. The number of carbonyl (C=O) groups is 3. The molecule has 3 aromatic rings. The van der Waals surface area contributed by atoms with Gasteiger partial charge >= 0.3 is 0 Å². The van der Waals surface area contributed by atoms with Gasteiger partial charge < -0.3 is 15.1 Å². The fourth-order valence-electron chi connectivity index (χ4n) is 5.74. The molecule has 0 radical (unpaired) electrons. The van der Waals surface area contributed by atoms with Gasteiger partial charge in [0.05, 0.1) is 10.9 Å². The molecule has 1 saturated heterocycles. The van der Waals surface area contributed by atoms with Crippen molar-refractivity contribution < 1.29 is 14.4 Å². The third-order valence-corrected chi connectivity index (χ3v) is 9.45. The fourth-order valence-corrected chi connectivity index (χ4v) is 6.76. The number of hydrogen-bond acceptors (Lipinski definition) is 7. The number of nitrogens with one attached hydrogen (secondary N) is 1. The van der Waals surface area contributed by atoms with Crippen molar-refractivity contribution >= 4 is 57.5 Å². The van der Waals surface area contributed by atoms with Crippen molar-refractivity contribution in [2.45, 2.75) is 44.4 Å². The standard InChI is InChI=1S/C34H36N6O3S/c1-3-29(32(42)35-24-11-9-10-23(2)22-24)44-34-37-27-15-8-7-14-26(27)31-36-28(33(43)40(31)34)16-17-30(41)39-20-18-38(19-21-39)25-12-5-4-6-13-25/h4-15,22,28-29H,3,16-21H2,1-2H3,(H,35,42)/t28-,29+/m1/s1. The highest BCUT2D eigenvalue weighted by molar-refractivity contribution is 8.15. The number of nitrogens with zero attached hydrogens (tertiary/aromatic N) is 5. The smallest absolute Gasteiger partial charge is 0.259 e. The van der Waals surface area contributed by atoms with Crippen molar-refractivity contribution in [3.8, 4) is 0 Å². The van der Waals surface area contributed by atoms with Gasteiger partial charge in [0, 0.05) is 49.5 Å². The molecule has 3 aromatic carbocycles. The lowest BCUT2D eigenvalue weighted by Crippen LogP contribution is -2.49. The Morgan fingerprint density at radius 1 is 0.977 bits per heavy atom. The Morgan fingerprint density at radius 3 is 2.48 bits per heavy atom. The van der Waals surface area contributed by atoms with Crippen LogP contribution in [0.25, 0.3) is 0 Å². The summed E-state index contributed by atoms with van der Waals surface area (Å²) in [6, 6.07) is 24.8. The molecule has 0 saturated carbocycles. The van der Waals surface area contributed by atoms with Gasteiger partial charge in [0.1, 0.15) is 11.9 Å². The lowest BCUT2D eigenvalue weighted by Gasteiger charge is -2.36. The van der Waals surface area contributed by atoms with Crippen LogP contribution in [0.2, 0.25) is 0 Å². The third-order valence-electron chi connectivity index (χ3n) is 8.13. The molecule has 44 heavy (non-hydrogen) atoms. The third kappa shape index (κ3) is 6.26. The largest absolute Gasteiger partial charge is 0.368 e. The van der Waals surface area contributed by atoms with Gasteiger partial charge in [-0.2, -0.15) is 0 Å². The maximum atomic E-state index is 13.8. The molecule has 0 aromatic heterocycles. The summed E-state index contributed by atoms with van der Waals surface area (Å²) in [6.07, 6.45) is 1.11. The molecule has 10 heteroatoms. The van der Waals surface area contributed by atoms with Crippen LogP contribution in [0.4, 0.5) is 17.1 Å². The van der Waals surface area contributed by atoms with Crippen LogP contribution in [0.3, 0.4) is 0 Å². The molecular formula is C34H36N6O3S. The Hall–Kier alpha value is -4.44. The molecule has 1 fully saturated rings. The lowest BCUT2D eigenvalue weighted by atomic mass is 10.1. The average molecular weight is 609 g/mol. The molecule has 0 spiro atoms. The molecule has 3 heterocycles. The van der Waals surface area contributed by atoms with Gasteiger partial charge in [-0.3, -0.25) is 19.4 Å². The number of thioether (sulfide) groups is 1. The van der Waals surface area contributed by atoms with Crippen molar-refractivity contribution in [2.75, 3.05) is 36.4 Å². The number of benzene rings is 3. The number of hydrogen-bond donors (Lipinski definition) is 1. The van der Waals surface area contributed by atoms with Gasteiger partial charge in [-0.25, -0.2) is 9.89 Å². The number of carbonyl (C=O) groups excluding carboxylic acids is 3. The van der Waals surface area contributed by atoms with Crippen molar-refractivity contribution in [2.24, 2.45) is 9.98 Å². The highest BCUT2D eigenvalue weighted by Gasteiger charge is 2.42. The molecule has 0 unspecified atom stereocenters. The number of aliphatic imine (C=N–C) groups is 2. The fraction of sp³-hybridized carbons (Fsp3) is 0.324. The van der Waals surface area contributed by atoms with E-state index in [-0.39, 0.29) is 24.1 Å². The van der Waals surface area contributed by atoms with Gasteiger partial charge in [-0.05, 0) is 61.7 Å². The van der Waals surface area contributed by atoms with Gasteiger partial charge in [0.2, 0.25) is 11.8 Å².